The van der Waals surface area contributed by atoms with Crippen molar-refractivity contribution < 1.29 is 51.5 Å². The fourth-order valence-corrected chi connectivity index (χ4v) is 6.25. The molecular formula is C36H51F3O8. The number of carbonyl (C=O) groups excluding carboxylic acids is 1. The number of benzene rings is 1. The molecule has 0 spiro atoms. The molecule has 11 heteroatoms. The monoisotopic (exact) mass is 668 g/mol. The van der Waals surface area contributed by atoms with Gasteiger partial charge in [-0.05, 0) is 95.8 Å². The predicted octanol–water partition coefficient (Wildman–Crippen LogP) is 7.53. The summed E-state index contributed by atoms with van der Waals surface area (Å²) in [7, 11) is 0. The molecule has 1 aromatic carbocycles. The number of alkyl halides is 3. The molecule has 1 N–H and O–H groups in total. The lowest BCUT2D eigenvalue weighted by atomic mass is 9.89. The first kappa shape index (κ1) is 37.4. The number of unbranched alkanes of at least 4 members (excludes halogenated alkanes) is 1. The van der Waals surface area contributed by atoms with Crippen LogP contribution in [-0.4, -0.2) is 67.9 Å². The number of aliphatic hydroxyl groups excluding tert-OH is 1. The lowest BCUT2D eigenvalue weighted by molar-refractivity contribution is -0.193. The summed E-state index contributed by atoms with van der Waals surface area (Å²) in [4.78, 5) is 11.8. The third-order valence-electron chi connectivity index (χ3n) is 8.64. The van der Waals surface area contributed by atoms with E-state index in [9.17, 15) is 23.1 Å². The number of ether oxygens (including phenoxy) is 6. The van der Waals surface area contributed by atoms with Crippen LogP contribution in [0.2, 0.25) is 0 Å². The Kier molecular flexibility index (Phi) is 15.1. The number of esters is 1. The summed E-state index contributed by atoms with van der Waals surface area (Å²) >= 11 is 0. The van der Waals surface area contributed by atoms with Gasteiger partial charge in [-0.15, -0.1) is 0 Å². The molecule has 0 bridgehead atoms. The number of carbonyl (C=O) groups is 1. The van der Waals surface area contributed by atoms with E-state index < -0.39 is 30.2 Å². The molecule has 1 saturated carbocycles. The van der Waals surface area contributed by atoms with Gasteiger partial charge in [-0.1, -0.05) is 30.4 Å². The number of aliphatic hydroxyl groups is 1. The lowest BCUT2D eigenvalue weighted by Gasteiger charge is -2.30. The molecule has 3 aliphatic rings. The van der Waals surface area contributed by atoms with Gasteiger partial charge in [-0.25, -0.2) is 0 Å². The predicted molar refractivity (Wildman–Crippen MR) is 169 cm³/mol. The van der Waals surface area contributed by atoms with Gasteiger partial charge in [0.15, 0.2) is 12.6 Å². The maximum absolute atomic E-state index is 13.3. The Bertz CT molecular complexity index is 1130. The minimum atomic E-state index is -4.48. The van der Waals surface area contributed by atoms with Crippen LogP contribution in [0.25, 0.3) is 0 Å². The molecule has 1 aliphatic carbocycles. The molecule has 264 valence electrons. The Labute approximate surface area is 276 Å². The summed E-state index contributed by atoms with van der Waals surface area (Å²) in [6.07, 6.45) is 9.26. The molecule has 0 aromatic heterocycles. The van der Waals surface area contributed by atoms with E-state index in [4.69, 9.17) is 28.4 Å². The van der Waals surface area contributed by atoms with E-state index in [0.29, 0.717) is 45.3 Å². The number of allylic oxidation sites excluding steroid dienone is 2. The average molecular weight is 669 g/mol. The minimum Gasteiger partial charge on any atom is -0.491 e. The second kappa shape index (κ2) is 18.9. The zero-order valence-corrected chi connectivity index (χ0v) is 27.6. The summed E-state index contributed by atoms with van der Waals surface area (Å²) in [5.74, 6) is -0.424. The van der Waals surface area contributed by atoms with Gasteiger partial charge in [-0.2, -0.15) is 13.2 Å². The summed E-state index contributed by atoms with van der Waals surface area (Å²) in [5, 5.41) is 11.2. The van der Waals surface area contributed by atoms with Crippen LogP contribution in [0.4, 0.5) is 13.2 Å². The largest absolute Gasteiger partial charge is 0.491 e. The van der Waals surface area contributed by atoms with Crippen molar-refractivity contribution in [2.24, 2.45) is 11.8 Å². The van der Waals surface area contributed by atoms with E-state index in [1.54, 1.807) is 0 Å². The molecule has 0 amide bonds. The molecule has 2 saturated heterocycles. The highest BCUT2D eigenvalue weighted by molar-refractivity contribution is 5.69. The maximum atomic E-state index is 13.3. The summed E-state index contributed by atoms with van der Waals surface area (Å²) in [5.41, 5.74) is -0.783. The zero-order chi connectivity index (χ0) is 33.6. The van der Waals surface area contributed by atoms with Gasteiger partial charge < -0.3 is 33.5 Å². The fraction of sp³-hybridized carbons (Fsp3) is 0.694. The first-order valence-corrected chi connectivity index (χ1v) is 17.1. The van der Waals surface area contributed by atoms with Gasteiger partial charge in [0.2, 0.25) is 0 Å². The van der Waals surface area contributed by atoms with E-state index in [1.165, 1.54) is 12.1 Å². The smallest absolute Gasteiger partial charge is 0.416 e. The first-order valence-electron chi connectivity index (χ1n) is 17.1. The lowest BCUT2D eigenvalue weighted by Crippen LogP contribution is -2.32. The summed E-state index contributed by atoms with van der Waals surface area (Å²) in [6.45, 7) is 4.85. The van der Waals surface area contributed by atoms with Crippen LogP contribution in [-0.2, 0) is 34.7 Å². The van der Waals surface area contributed by atoms with E-state index in [1.807, 2.05) is 38.2 Å². The highest BCUT2D eigenvalue weighted by atomic mass is 19.4. The van der Waals surface area contributed by atoms with Crippen molar-refractivity contribution >= 4 is 5.97 Å². The molecule has 3 unspecified atom stereocenters. The van der Waals surface area contributed by atoms with E-state index in [2.05, 4.69) is 0 Å². The minimum absolute atomic E-state index is 0.0198. The van der Waals surface area contributed by atoms with Crippen molar-refractivity contribution in [3.05, 3.63) is 54.1 Å². The van der Waals surface area contributed by atoms with Crippen LogP contribution >= 0.6 is 0 Å². The van der Waals surface area contributed by atoms with Crippen LogP contribution in [0, 0.1) is 11.8 Å². The van der Waals surface area contributed by atoms with Gasteiger partial charge in [0.1, 0.15) is 18.5 Å². The van der Waals surface area contributed by atoms with Crippen molar-refractivity contribution in [2.75, 3.05) is 19.8 Å². The molecule has 0 radical (unpaired) electrons. The van der Waals surface area contributed by atoms with Crippen LogP contribution in [0.15, 0.2) is 48.6 Å². The molecule has 2 aliphatic heterocycles. The van der Waals surface area contributed by atoms with Gasteiger partial charge in [0, 0.05) is 32.0 Å². The normalized spacial score (nSPS) is 27.9. The number of hydrogen-bond donors (Lipinski definition) is 1. The standard InChI is InChI=1S/C36H51F3O8/c1-25(2)45-33(41)15-6-4-3-5-14-29-30(32(23-31(29)40)47-35-17-8-10-21-43-35)19-18-28(46-34-16-7-9-20-42-34)24-44-27-13-11-12-26(22-27)36(37,38)39/h3,5,11-13,18-19,22,25,28-32,34-35,40H,4,6-10,14-17,20-21,23-24H2,1-2H3/b5-3-,19-18+/t28?,29-,30-,31+,32-,34?,35?/m1/s1. The molecule has 1 aromatic rings. The SMILES string of the molecule is CC(C)OC(=O)CCC/C=C\C[C@@H]1[C@@H](/C=C/C(COc2cccc(C(F)(F)F)c2)OC2CCCCO2)[C@H](OC2CCCCO2)C[C@@H]1O. The van der Waals surface area contributed by atoms with Crippen LogP contribution in [0.5, 0.6) is 5.75 Å². The summed E-state index contributed by atoms with van der Waals surface area (Å²) in [6, 6.07) is 4.80. The average Bonchev–Trinajstić information content (AvgIpc) is 3.33. The molecule has 7 atom stereocenters. The fourth-order valence-electron chi connectivity index (χ4n) is 6.25. The Balaban J connectivity index is 1.45. The Hall–Kier alpha value is -2.44. The number of halogens is 3. The van der Waals surface area contributed by atoms with Crippen LogP contribution in [0.3, 0.4) is 0 Å². The highest BCUT2D eigenvalue weighted by Crippen LogP contribution is 2.40. The van der Waals surface area contributed by atoms with Crippen molar-refractivity contribution in [1.82, 2.24) is 0 Å². The number of rotatable bonds is 16. The molecular weight excluding hydrogens is 617 g/mol. The van der Waals surface area contributed by atoms with Crippen molar-refractivity contribution in [2.45, 2.75) is 128 Å². The molecule has 3 fully saturated rings. The van der Waals surface area contributed by atoms with E-state index in [-0.39, 0.29) is 48.7 Å². The van der Waals surface area contributed by atoms with Crippen molar-refractivity contribution in [1.29, 1.82) is 0 Å². The highest BCUT2D eigenvalue weighted by Gasteiger charge is 2.42. The maximum Gasteiger partial charge on any atom is 0.416 e. The molecule has 47 heavy (non-hydrogen) atoms. The molecule has 2 heterocycles. The van der Waals surface area contributed by atoms with E-state index in [0.717, 1.165) is 50.7 Å². The number of hydrogen-bond acceptors (Lipinski definition) is 8. The second-order valence-electron chi connectivity index (χ2n) is 12.8. The van der Waals surface area contributed by atoms with Gasteiger partial charge >= 0.3 is 12.1 Å². The van der Waals surface area contributed by atoms with Crippen molar-refractivity contribution in [3.63, 3.8) is 0 Å². The Morgan fingerprint density at radius 2 is 1.81 bits per heavy atom. The summed E-state index contributed by atoms with van der Waals surface area (Å²) < 4.78 is 75.2. The first-order chi connectivity index (χ1) is 22.6. The van der Waals surface area contributed by atoms with E-state index >= 15 is 0 Å². The quantitative estimate of drug-likeness (QED) is 0.110. The Morgan fingerprint density at radius 1 is 1.06 bits per heavy atom. The van der Waals surface area contributed by atoms with Crippen LogP contribution < -0.4 is 4.74 Å². The topological polar surface area (TPSA) is 92.7 Å². The van der Waals surface area contributed by atoms with Crippen LogP contribution in [0.1, 0.15) is 90.0 Å². The Morgan fingerprint density at radius 3 is 2.49 bits per heavy atom. The van der Waals surface area contributed by atoms with Gasteiger partial charge in [0.25, 0.3) is 0 Å². The van der Waals surface area contributed by atoms with Crippen molar-refractivity contribution in [3.8, 4) is 5.75 Å². The van der Waals surface area contributed by atoms with Gasteiger partial charge in [-0.3, -0.25) is 4.79 Å². The zero-order valence-electron chi connectivity index (χ0n) is 27.6. The second-order valence-corrected chi connectivity index (χ2v) is 12.8. The third kappa shape index (κ3) is 12.8. The van der Waals surface area contributed by atoms with Gasteiger partial charge in [0.05, 0.1) is 23.9 Å². The molecule has 8 nitrogen and oxygen atoms in total. The third-order valence-corrected chi connectivity index (χ3v) is 8.64. The molecule has 4 rings (SSSR count).